The Balaban J connectivity index is 1.56. The van der Waals surface area contributed by atoms with Gasteiger partial charge in [0.05, 0.1) is 38.7 Å². The molecule has 1 fully saturated rings. The van der Waals surface area contributed by atoms with Crippen molar-refractivity contribution < 1.29 is 18.0 Å². The summed E-state index contributed by atoms with van der Waals surface area (Å²) in [5.41, 5.74) is 1.86. The predicted octanol–water partition coefficient (Wildman–Crippen LogP) is 2.72. The van der Waals surface area contributed by atoms with Gasteiger partial charge in [0, 0.05) is 25.3 Å². The molecule has 2 N–H and O–H groups in total. The second-order valence-electron chi connectivity index (χ2n) is 9.32. The summed E-state index contributed by atoms with van der Waals surface area (Å²) in [6, 6.07) is 3.47. The molecule has 0 radical (unpaired) electrons. The van der Waals surface area contributed by atoms with E-state index in [1.807, 2.05) is 6.92 Å². The first kappa shape index (κ1) is 23.4. The van der Waals surface area contributed by atoms with Crippen LogP contribution in [0.2, 0.25) is 0 Å². The molecule has 11 heteroatoms. The zero-order valence-electron chi connectivity index (χ0n) is 19.0. The van der Waals surface area contributed by atoms with Crippen molar-refractivity contribution in [1.29, 1.82) is 0 Å². The van der Waals surface area contributed by atoms with Crippen LogP contribution in [0.1, 0.15) is 47.7 Å². The zero-order valence-corrected chi connectivity index (χ0v) is 20.6. The number of carbonyl (C=O) groups is 2. The number of sulfone groups is 1. The molecule has 1 aliphatic heterocycles. The van der Waals surface area contributed by atoms with Gasteiger partial charge in [0.2, 0.25) is 0 Å². The van der Waals surface area contributed by atoms with Crippen LogP contribution in [-0.2, 0) is 9.84 Å². The van der Waals surface area contributed by atoms with E-state index in [9.17, 15) is 18.0 Å². The maximum atomic E-state index is 12.8. The van der Waals surface area contributed by atoms with Gasteiger partial charge in [-0.15, -0.1) is 11.3 Å². The Bertz CT molecular complexity index is 1310. The van der Waals surface area contributed by atoms with Crippen molar-refractivity contribution >= 4 is 44.2 Å². The molecule has 0 aliphatic carbocycles. The molecular weight excluding hydrogens is 462 g/mol. The molecule has 2 amide bonds. The molecule has 0 saturated carbocycles. The molecule has 4 rings (SSSR count). The van der Waals surface area contributed by atoms with Crippen molar-refractivity contribution in [2.45, 2.75) is 33.7 Å². The lowest BCUT2D eigenvalue weighted by atomic mass is 9.88. The van der Waals surface area contributed by atoms with Gasteiger partial charge in [-0.25, -0.2) is 18.4 Å². The van der Waals surface area contributed by atoms with E-state index in [0.29, 0.717) is 27.3 Å². The summed E-state index contributed by atoms with van der Waals surface area (Å²) in [5, 5.41) is 3.02. The second kappa shape index (κ2) is 8.53. The Kier molecular flexibility index (Phi) is 6.04. The average molecular weight is 490 g/mol. The predicted molar refractivity (Wildman–Crippen MR) is 128 cm³/mol. The molecular formula is C22H27N5O4S2. The van der Waals surface area contributed by atoms with Gasteiger partial charge in [-0.2, -0.15) is 0 Å². The van der Waals surface area contributed by atoms with E-state index in [1.54, 1.807) is 29.4 Å². The van der Waals surface area contributed by atoms with Gasteiger partial charge in [0.25, 0.3) is 11.8 Å². The molecule has 0 aromatic carbocycles. The van der Waals surface area contributed by atoms with Crippen molar-refractivity contribution in [3.63, 3.8) is 0 Å². The largest absolute Gasteiger partial charge is 0.349 e. The fraction of sp³-hybridized carbons (Fsp3) is 0.455. The number of nitrogens with one attached hydrogen (secondary N) is 2. The number of aromatic amines is 1. The van der Waals surface area contributed by atoms with Crippen LogP contribution in [0.5, 0.6) is 0 Å². The standard InChI is InChI=1S/C22H27N5O4S2/c1-13(22(2,3)4)25-20(28)14-11-23-19-18(14)26-15(12-24-19)16-5-6-17(32-16)21(29)27-7-9-33(30,31)10-8-27/h5-6,11-13H,7-10H2,1-4H3,(H,23,24)(H,25,28)/t13-/m0/s1. The number of hydrogen-bond donors (Lipinski definition) is 2. The maximum Gasteiger partial charge on any atom is 0.264 e. The van der Waals surface area contributed by atoms with Crippen LogP contribution in [0.3, 0.4) is 0 Å². The summed E-state index contributed by atoms with van der Waals surface area (Å²) in [4.78, 5) is 40.5. The normalized spacial score (nSPS) is 17.2. The van der Waals surface area contributed by atoms with Crippen LogP contribution in [-0.4, -0.2) is 70.7 Å². The highest BCUT2D eigenvalue weighted by atomic mass is 32.2. The molecule has 176 valence electrons. The average Bonchev–Trinajstić information content (AvgIpc) is 3.39. The van der Waals surface area contributed by atoms with Gasteiger partial charge in [-0.1, -0.05) is 20.8 Å². The monoisotopic (exact) mass is 489 g/mol. The number of nitrogens with zero attached hydrogens (tertiary/aromatic N) is 3. The van der Waals surface area contributed by atoms with E-state index < -0.39 is 9.84 Å². The third kappa shape index (κ3) is 4.93. The number of hydrogen-bond acceptors (Lipinski definition) is 7. The van der Waals surface area contributed by atoms with Crippen LogP contribution in [0, 0.1) is 5.41 Å². The third-order valence-electron chi connectivity index (χ3n) is 5.97. The summed E-state index contributed by atoms with van der Waals surface area (Å²) in [6.45, 7) is 8.55. The van der Waals surface area contributed by atoms with E-state index in [1.165, 1.54) is 11.3 Å². The number of carbonyl (C=O) groups excluding carboxylic acids is 2. The summed E-state index contributed by atoms with van der Waals surface area (Å²) in [7, 11) is -3.06. The van der Waals surface area contributed by atoms with Crippen LogP contribution < -0.4 is 5.32 Å². The quantitative estimate of drug-likeness (QED) is 0.581. The molecule has 3 aromatic heterocycles. The van der Waals surface area contributed by atoms with Crippen molar-refractivity contribution in [2.75, 3.05) is 24.6 Å². The Labute approximate surface area is 196 Å². The number of fused-ring (bicyclic) bond motifs is 1. The minimum absolute atomic E-state index is 0.00865. The first-order chi connectivity index (χ1) is 15.4. The first-order valence-corrected chi connectivity index (χ1v) is 13.3. The Morgan fingerprint density at radius 2 is 1.91 bits per heavy atom. The molecule has 9 nitrogen and oxygen atoms in total. The minimum Gasteiger partial charge on any atom is -0.349 e. The van der Waals surface area contributed by atoms with Crippen LogP contribution in [0.25, 0.3) is 21.7 Å². The number of thiophene rings is 1. The van der Waals surface area contributed by atoms with Crippen molar-refractivity contribution in [2.24, 2.45) is 5.41 Å². The fourth-order valence-electron chi connectivity index (χ4n) is 3.34. The van der Waals surface area contributed by atoms with E-state index in [-0.39, 0.29) is 47.9 Å². The topological polar surface area (TPSA) is 125 Å². The molecule has 0 unspecified atom stereocenters. The lowest BCUT2D eigenvalue weighted by molar-refractivity contribution is 0.0774. The van der Waals surface area contributed by atoms with Crippen LogP contribution in [0.15, 0.2) is 24.5 Å². The smallest absolute Gasteiger partial charge is 0.264 e. The van der Waals surface area contributed by atoms with Crippen LogP contribution in [0.4, 0.5) is 0 Å². The summed E-state index contributed by atoms with van der Waals surface area (Å²) in [5.74, 6) is -0.429. The lowest BCUT2D eigenvalue weighted by Gasteiger charge is -2.27. The summed E-state index contributed by atoms with van der Waals surface area (Å²) in [6.07, 6.45) is 3.21. The molecule has 4 heterocycles. The molecule has 1 atom stereocenters. The number of amides is 2. The van der Waals surface area contributed by atoms with E-state index in [4.69, 9.17) is 0 Å². The van der Waals surface area contributed by atoms with Crippen molar-refractivity contribution in [3.05, 3.63) is 35.0 Å². The molecule has 3 aromatic rings. The first-order valence-electron chi connectivity index (χ1n) is 10.7. The lowest BCUT2D eigenvalue weighted by Crippen LogP contribution is -2.43. The minimum atomic E-state index is -3.06. The van der Waals surface area contributed by atoms with Crippen molar-refractivity contribution in [3.8, 4) is 10.6 Å². The van der Waals surface area contributed by atoms with Crippen LogP contribution >= 0.6 is 11.3 Å². The molecule has 1 saturated heterocycles. The van der Waals surface area contributed by atoms with Gasteiger partial charge in [-0.05, 0) is 24.5 Å². The second-order valence-corrected chi connectivity index (χ2v) is 12.7. The fourth-order valence-corrected chi connectivity index (χ4v) is 5.47. The van der Waals surface area contributed by atoms with E-state index >= 15 is 0 Å². The van der Waals surface area contributed by atoms with E-state index in [2.05, 4.69) is 41.0 Å². The molecule has 1 aliphatic rings. The molecule has 0 bridgehead atoms. The number of H-pyrrole nitrogens is 1. The third-order valence-corrected chi connectivity index (χ3v) is 8.68. The zero-order chi connectivity index (χ0) is 24.0. The number of rotatable bonds is 4. The Morgan fingerprint density at radius 1 is 1.21 bits per heavy atom. The highest BCUT2D eigenvalue weighted by molar-refractivity contribution is 7.91. The van der Waals surface area contributed by atoms with Gasteiger partial charge >= 0.3 is 0 Å². The maximum absolute atomic E-state index is 12.8. The summed E-state index contributed by atoms with van der Waals surface area (Å²) < 4.78 is 23.3. The number of aromatic nitrogens is 3. The van der Waals surface area contributed by atoms with E-state index in [0.717, 1.165) is 4.88 Å². The van der Waals surface area contributed by atoms with Gasteiger partial charge < -0.3 is 15.2 Å². The highest BCUT2D eigenvalue weighted by Gasteiger charge is 2.27. The van der Waals surface area contributed by atoms with Gasteiger partial charge in [-0.3, -0.25) is 9.59 Å². The highest BCUT2D eigenvalue weighted by Crippen LogP contribution is 2.29. The van der Waals surface area contributed by atoms with Crippen molar-refractivity contribution in [1.82, 2.24) is 25.2 Å². The summed E-state index contributed by atoms with van der Waals surface area (Å²) >= 11 is 1.27. The molecule has 0 spiro atoms. The molecule has 33 heavy (non-hydrogen) atoms. The van der Waals surface area contributed by atoms with Gasteiger partial charge in [0.1, 0.15) is 5.52 Å². The Morgan fingerprint density at radius 3 is 2.58 bits per heavy atom. The Hall–Kier alpha value is -2.79. The SMILES string of the molecule is C[C@H](NC(=O)c1c[nH]c2ncc(-c3ccc(C(=O)N4CCS(=O)(=O)CC4)s3)nc12)C(C)(C)C. The van der Waals surface area contributed by atoms with Gasteiger partial charge in [0.15, 0.2) is 15.5 Å².